The highest BCUT2D eigenvalue weighted by Crippen LogP contribution is 2.65. The molecule has 0 heterocycles. The van der Waals surface area contributed by atoms with Crippen molar-refractivity contribution < 1.29 is 23.1 Å². The third-order valence-corrected chi connectivity index (χ3v) is 3.86. The molecule has 1 fully saturated rings. The Morgan fingerprint density at radius 3 is 2.06 bits per heavy atom. The minimum Gasteiger partial charge on any atom is -0.481 e. The first-order valence-electron chi connectivity index (χ1n) is 4.93. The molecule has 1 saturated carbocycles. The summed E-state index contributed by atoms with van der Waals surface area (Å²) in [5, 5.41) is 8.86. The predicted octanol–water partition coefficient (Wildman–Crippen LogP) is 3.68. The van der Waals surface area contributed by atoms with E-state index in [0.717, 1.165) is 12.1 Å². The van der Waals surface area contributed by atoms with Gasteiger partial charge >= 0.3 is 12.1 Å². The van der Waals surface area contributed by atoms with Crippen LogP contribution < -0.4 is 0 Å². The van der Waals surface area contributed by atoms with E-state index in [1.54, 1.807) is 0 Å². The van der Waals surface area contributed by atoms with Crippen LogP contribution in [0.3, 0.4) is 0 Å². The Bertz CT molecular complexity index is 482. The van der Waals surface area contributed by atoms with Crippen LogP contribution >= 0.6 is 23.2 Å². The zero-order valence-electron chi connectivity index (χ0n) is 8.71. The molecule has 18 heavy (non-hydrogen) atoms. The topological polar surface area (TPSA) is 37.3 Å². The van der Waals surface area contributed by atoms with Crippen LogP contribution in [0.15, 0.2) is 24.3 Å². The van der Waals surface area contributed by atoms with E-state index in [1.807, 2.05) is 0 Å². The quantitative estimate of drug-likeness (QED) is 0.846. The fraction of sp³-hybridized carbons (Fsp3) is 0.364. The molecule has 2 atom stereocenters. The molecule has 98 valence electrons. The average Bonchev–Trinajstić information content (AvgIpc) is 2.80. The van der Waals surface area contributed by atoms with E-state index in [1.165, 1.54) is 12.1 Å². The second kappa shape index (κ2) is 4.03. The van der Waals surface area contributed by atoms with Gasteiger partial charge in [-0.25, -0.2) is 0 Å². The van der Waals surface area contributed by atoms with Crippen molar-refractivity contribution in [2.45, 2.75) is 16.4 Å². The van der Waals surface area contributed by atoms with E-state index in [0.29, 0.717) is 5.56 Å². The molecule has 2 nitrogen and oxygen atoms in total. The van der Waals surface area contributed by atoms with Crippen LogP contribution in [0, 0.1) is 5.92 Å². The second-order valence-electron chi connectivity index (χ2n) is 4.09. The van der Waals surface area contributed by atoms with Crippen LogP contribution in [0.25, 0.3) is 0 Å². The number of halogens is 5. The molecule has 7 heteroatoms. The van der Waals surface area contributed by atoms with Gasteiger partial charge in [0.25, 0.3) is 0 Å². The van der Waals surface area contributed by atoms with Gasteiger partial charge in [-0.2, -0.15) is 13.2 Å². The van der Waals surface area contributed by atoms with E-state index < -0.39 is 33.9 Å². The number of carbonyl (C=O) groups is 1. The monoisotopic (exact) mass is 298 g/mol. The minimum absolute atomic E-state index is 0.389. The molecule has 2 rings (SSSR count). The Morgan fingerprint density at radius 2 is 1.72 bits per heavy atom. The molecule has 0 radical (unpaired) electrons. The third kappa shape index (κ3) is 2.17. The fourth-order valence-corrected chi connectivity index (χ4v) is 2.74. The van der Waals surface area contributed by atoms with Gasteiger partial charge in [-0.05, 0) is 17.7 Å². The average molecular weight is 299 g/mol. The maximum absolute atomic E-state index is 12.3. The van der Waals surface area contributed by atoms with Crippen molar-refractivity contribution in [2.24, 2.45) is 5.92 Å². The van der Waals surface area contributed by atoms with Gasteiger partial charge in [-0.3, -0.25) is 4.79 Å². The summed E-state index contributed by atoms with van der Waals surface area (Å²) in [6, 6.07) is 4.18. The van der Waals surface area contributed by atoms with Crippen molar-refractivity contribution in [2.75, 3.05) is 0 Å². The summed E-state index contributed by atoms with van der Waals surface area (Å²) in [5.74, 6) is -2.83. The minimum atomic E-state index is -4.42. The Kier molecular flexibility index (Phi) is 3.02. The lowest BCUT2D eigenvalue weighted by atomic mass is 10.1. The van der Waals surface area contributed by atoms with Crippen molar-refractivity contribution in [3.05, 3.63) is 35.4 Å². The summed E-state index contributed by atoms with van der Waals surface area (Å²) in [6.45, 7) is 0. The van der Waals surface area contributed by atoms with Crippen molar-refractivity contribution in [1.82, 2.24) is 0 Å². The molecule has 0 spiro atoms. The molecule has 1 aromatic rings. The van der Waals surface area contributed by atoms with Gasteiger partial charge in [0.2, 0.25) is 0 Å². The Labute approximate surface area is 110 Å². The molecular weight excluding hydrogens is 292 g/mol. The summed E-state index contributed by atoms with van der Waals surface area (Å²) < 4.78 is 35.6. The van der Waals surface area contributed by atoms with Crippen molar-refractivity contribution in [3.8, 4) is 0 Å². The van der Waals surface area contributed by atoms with E-state index >= 15 is 0 Å². The first-order chi connectivity index (χ1) is 8.15. The third-order valence-electron chi connectivity index (χ3n) is 2.92. The van der Waals surface area contributed by atoms with Gasteiger partial charge < -0.3 is 5.11 Å². The lowest BCUT2D eigenvalue weighted by Crippen LogP contribution is -2.04. The molecular formula is C11H7Cl2F3O2. The molecule has 0 aliphatic heterocycles. The van der Waals surface area contributed by atoms with E-state index in [9.17, 15) is 18.0 Å². The summed E-state index contributed by atoms with van der Waals surface area (Å²) >= 11 is 11.6. The zero-order chi connectivity index (χ0) is 13.7. The highest BCUT2D eigenvalue weighted by Gasteiger charge is 2.68. The molecule has 0 saturated heterocycles. The summed E-state index contributed by atoms with van der Waals surface area (Å²) in [4.78, 5) is 10.8. The molecule has 1 aromatic carbocycles. The smallest absolute Gasteiger partial charge is 0.416 e. The largest absolute Gasteiger partial charge is 0.481 e. The lowest BCUT2D eigenvalue weighted by molar-refractivity contribution is -0.139. The predicted molar refractivity (Wildman–Crippen MR) is 59.7 cm³/mol. The number of benzene rings is 1. The number of hydrogen-bond acceptors (Lipinski definition) is 1. The zero-order valence-corrected chi connectivity index (χ0v) is 10.2. The standard InChI is InChI=1S/C11H7Cl2F3O2/c12-10(13)7(8(10)9(17)18)5-1-3-6(4-2-5)11(14,15)16/h1-4,7-8H,(H,17,18)/t7-,8+/m0/s1. The van der Waals surface area contributed by atoms with Crippen LogP contribution in [-0.4, -0.2) is 15.4 Å². The van der Waals surface area contributed by atoms with Crippen molar-refractivity contribution >= 4 is 29.2 Å². The molecule has 0 unspecified atom stereocenters. The highest BCUT2D eigenvalue weighted by molar-refractivity contribution is 6.53. The van der Waals surface area contributed by atoms with Crippen LogP contribution in [0.2, 0.25) is 0 Å². The van der Waals surface area contributed by atoms with E-state index in [-0.39, 0.29) is 0 Å². The number of carboxylic acids is 1. The maximum atomic E-state index is 12.3. The Morgan fingerprint density at radius 1 is 1.22 bits per heavy atom. The summed E-state index contributed by atoms with van der Waals surface area (Å²) in [6.07, 6.45) is -4.42. The first-order valence-corrected chi connectivity index (χ1v) is 5.69. The Balaban J connectivity index is 2.25. The van der Waals surface area contributed by atoms with Crippen molar-refractivity contribution in [1.29, 1.82) is 0 Å². The fourth-order valence-electron chi connectivity index (χ4n) is 1.93. The van der Waals surface area contributed by atoms with E-state index in [4.69, 9.17) is 28.3 Å². The van der Waals surface area contributed by atoms with Gasteiger partial charge in [-0.15, -0.1) is 0 Å². The first kappa shape index (κ1) is 13.5. The van der Waals surface area contributed by atoms with Crippen LogP contribution in [0.1, 0.15) is 17.0 Å². The van der Waals surface area contributed by atoms with E-state index in [2.05, 4.69) is 0 Å². The van der Waals surface area contributed by atoms with Crippen molar-refractivity contribution in [3.63, 3.8) is 0 Å². The molecule has 1 N–H and O–H groups in total. The van der Waals surface area contributed by atoms with Gasteiger partial charge in [0.05, 0.1) is 11.5 Å². The van der Waals surface area contributed by atoms with Gasteiger partial charge in [0.1, 0.15) is 4.33 Å². The SMILES string of the molecule is O=C(O)[C@H]1[C@H](c2ccc(C(F)(F)F)cc2)C1(Cl)Cl. The number of carboxylic acid groups (broad SMARTS) is 1. The van der Waals surface area contributed by atoms with Gasteiger partial charge in [0, 0.05) is 5.92 Å². The summed E-state index contributed by atoms with van der Waals surface area (Å²) in [5.41, 5.74) is -0.408. The normalized spacial score (nSPS) is 25.8. The molecule has 0 bridgehead atoms. The molecule has 0 amide bonds. The highest BCUT2D eigenvalue weighted by atomic mass is 35.5. The lowest BCUT2D eigenvalue weighted by Gasteiger charge is -2.07. The van der Waals surface area contributed by atoms with Crippen LogP contribution in [-0.2, 0) is 11.0 Å². The molecule has 1 aliphatic rings. The number of hydrogen-bond donors (Lipinski definition) is 1. The van der Waals surface area contributed by atoms with Crippen LogP contribution in [0.5, 0.6) is 0 Å². The number of aliphatic carboxylic acids is 1. The van der Waals surface area contributed by atoms with Gasteiger partial charge in [0.15, 0.2) is 0 Å². The number of alkyl halides is 5. The Hall–Kier alpha value is -0.940. The maximum Gasteiger partial charge on any atom is 0.416 e. The van der Waals surface area contributed by atoms with Gasteiger partial charge in [-0.1, -0.05) is 35.3 Å². The molecule has 1 aliphatic carbocycles. The van der Waals surface area contributed by atoms with Crippen LogP contribution in [0.4, 0.5) is 13.2 Å². The second-order valence-corrected chi connectivity index (χ2v) is 5.53. The summed E-state index contributed by atoms with van der Waals surface area (Å²) in [7, 11) is 0. The number of rotatable bonds is 2. The molecule has 0 aromatic heterocycles.